The number of hydrogen-bond donors (Lipinski definition) is 1. The maximum atomic E-state index is 11.9. The molecule has 6 nitrogen and oxygen atoms in total. The molecule has 19 heavy (non-hydrogen) atoms. The highest BCUT2D eigenvalue weighted by Gasteiger charge is 2.33. The second-order valence-corrected chi connectivity index (χ2v) is 5.84. The molecule has 0 unspecified atom stereocenters. The lowest BCUT2D eigenvalue weighted by Gasteiger charge is -2.36. The Balaban J connectivity index is 1.95. The number of carbonyl (C=O) groups excluding carboxylic acids is 1. The highest BCUT2D eigenvalue weighted by Crippen LogP contribution is 2.23. The van der Waals surface area contributed by atoms with Crippen molar-refractivity contribution in [2.45, 2.75) is 44.9 Å². The minimum Gasteiger partial charge on any atom is -0.444 e. The molecule has 1 fully saturated rings. The third-order valence-corrected chi connectivity index (χ3v) is 3.06. The van der Waals surface area contributed by atoms with Crippen LogP contribution in [-0.4, -0.2) is 50.7 Å². The molecule has 0 spiro atoms. The lowest BCUT2D eigenvalue weighted by atomic mass is 10.0. The lowest BCUT2D eigenvalue weighted by Crippen LogP contribution is -2.48. The van der Waals surface area contributed by atoms with Crippen LogP contribution in [0.3, 0.4) is 0 Å². The fourth-order valence-electron chi connectivity index (χ4n) is 2.20. The maximum absolute atomic E-state index is 11.9. The first-order chi connectivity index (χ1) is 8.87. The van der Waals surface area contributed by atoms with Crippen molar-refractivity contribution in [3.8, 4) is 0 Å². The van der Waals surface area contributed by atoms with Gasteiger partial charge in [0.2, 0.25) is 0 Å². The Morgan fingerprint density at radius 1 is 1.47 bits per heavy atom. The van der Waals surface area contributed by atoms with Crippen LogP contribution in [0.25, 0.3) is 0 Å². The molecule has 0 saturated carbocycles. The number of hydrogen-bond acceptors (Lipinski definition) is 4. The molecular weight excluding hydrogens is 246 g/mol. The zero-order valence-corrected chi connectivity index (χ0v) is 11.6. The minimum atomic E-state index is -0.624. The van der Waals surface area contributed by atoms with Gasteiger partial charge in [-0.2, -0.15) is 5.10 Å². The minimum absolute atomic E-state index is 0.0753. The van der Waals surface area contributed by atoms with Crippen molar-refractivity contribution in [3.05, 3.63) is 18.5 Å². The Morgan fingerprint density at radius 3 is 2.74 bits per heavy atom. The first-order valence-electron chi connectivity index (χ1n) is 6.52. The average Bonchev–Trinajstić information content (AvgIpc) is 2.79. The standard InChI is InChI=1S/C13H21N3O3/c1-13(2,3)19-12(18)15-8-5-10(11(17)9-15)16-7-4-6-14-16/h4,6-7,10-11,17H,5,8-9H2,1-3H3/t10-,11-/m0/s1. The van der Waals surface area contributed by atoms with Gasteiger partial charge in [-0.1, -0.05) is 0 Å². The van der Waals surface area contributed by atoms with Gasteiger partial charge in [0.1, 0.15) is 5.60 Å². The molecule has 1 saturated heterocycles. The summed E-state index contributed by atoms with van der Waals surface area (Å²) in [5.74, 6) is 0. The molecule has 0 aromatic carbocycles. The van der Waals surface area contributed by atoms with E-state index >= 15 is 0 Å². The number of β-amino-alcohol motifs (C(OH)–C–C–N with tert-alkyl or cyclic N) is 1. The topological polar surface area (TPSA) is 67.6 Å². The molecule has 106 valence electrons. The van der Waals surface area contributed by atoms with Crippen LogP contribution in [0.15, 0.2) is 18.5 Å². The number of rotatable bonds is 1. The molecule has 1 aromatic rings. The largest absolute Gasteiger partial charge is 0.444 e. The molecule has 2 atom stereocenters. The van der Waals surface area contributed by atoms with E-state index in [-0.39, 0.29) is 18.7 Å². The van der Waals surface area contributed by atoms with Crippen LogP contribution in [0.4, 0.5) is 4.79 Å². The number of likely N-dealkylation sites (tertiary alicyclic amines) is 1. The Bertz CT molecular complexity index is 425. The number of aliphatic hydroxyl groups excluding tert-OH is 1. The van der Waals surface area contributed by atoms with Crippen LogP contribution in [0, 0.1) is 0 Å². The van der Waals surface area contributed by atoms with Gasteiger partial charge in [-0.15, -0.1) is 0 Å². The number of nitrogens with zero attached hydrogens (tertiary/aromatic N) is 3. The monoisotopic (exact) mass is 267 g/mol. The average molecular weight is 267 g/mol. The van der Waals surface area contributed by atoms with Crippen LogP contribution in [-0.2, 0) is 4.74 Å². The molecule has 1 N–H and O–H groups in total. The highest BCUT2D eigenvalue weighted by atomic mass is 16.6. The summed E-state index contributed by atoms with van der Waals surface area (Å²) in [7, 11) is 0. The van der Waals surface area contributed by atoms with Gasteiger partial charge >= 0.3 is 6.09 Å². The summed E-state index contributed by atoms with van der Waals surface area (Å²) >= 11 is 0. The van der Waals surface area contributed by atoms with Gasteiger partial charge in [-0.05, 0) is 33.3 Å². The van der Waals surface area contributed by atoms with Gasteiger partial charge in [-0.3, -0.25) is 4.68 Å². The van der Waals surface area contributed by atoms with Gasteiger partial charge in [0, 0.05) is 18.9 Å². The summed E-state index contributed by atoms with van der Waals surface area (Å²) < 4.78 is 7.05. The van der Waals surface area contributed by atoms with Gasteiger partial charge < -0.3 is 14.7 Å². The van der Waals surface area contributed by atoms with Crippen LogP contribution >= 0.6 is 0 Å². The zero-order valence-electron chi connectivity index (χ0n) is 11.6. The highest BCUT2D eigenvalue weighted by molar-refractivity contribution is 5.68. The van der Waals surface area contributed by atoms with Gasteiger partial charge in [0.05, 0.1) is 18.7 Å². The first-order valence-corrected chi connectivity index (χ1v) is 6.52. The summed E-state index contributed by atoms with van der Waals surface area (Å²) in [6, 6.07) is 1.75. The number of piperidine rings is 1. The number of aromatic nitrogens is 2. The molecule has 0 bridgehead atoms. The lowest BCUT2D eigenvalue weighted by molar-refractivity contribution is -0.0118. The normalized spacial score (nSPS) is 24.3. The fourth-order valence-corrected chi connectivity index (χ4v) is 2.20. The summed E-state index contributed by atoms with van der Waals surface area (Å²) in [4.78, 5) is 13.5. The van der Waals surface area contributed by atoms with Crippen molar-refractivity contribution < 1.29 is 14.6 Å². The Labute approximate surface area is 113 Å². The van der Waals surface area contributed by atoms with Gasteiger partial charge in [-0.25, -0.2) is 4.79 Å². The van der Waals surface area contributed by atoms with Crippen molar-refractivity contribution in [1.82, 2.24) is 14.7 Å². The summed E-state index contributed by atoms with van der Waals surface area (Å²) in [6.07, 6.45) is 3.19. The van der Waals surface area contributed by atoms with E-state index < -0.39 is 11.7 Å². The Morgan fingerprint density at radius 2 is 2.21 bits per heavy atom. The van der Waals surface area contributed by atoms with Gasteiger partial charge in [0.25, 0.3) is 0 Å². The molecule has 1 aromatic heterocycles. The summed E-state index contributed by atoms with van der Waals surface area (Å²) in [5, 5.41) is 14.3. The van der Waals surface area contributed by atoms with Crippen molar-refractivity contribution >= 4 is 6.09 Å². The number of aliphatic hydroxyl groups is 1. The molecular formula is C13H21N3O3. The zero-order chi connectivity index (χ0) is 14.0. The number of amides is 1. The Hall–Kier alpha value is -1.56. The van der Waals surface area contributed by atoms with Crippen LogP contribution in [0.5, 0.6) is 0 Å². The molecule has 6 heteroatoms. The Kier molecular flexibility index (Phi) is 3.80. The SMILES string of the molecule is CC(C)(C)OC(=O)N1CC[C@H](n2cccn2)[C@@H](O)C1. The molecule has 2 heterocycles. The van der Waals surface area contributed by atoms with Crippen molar-refractivity contribution in [3.63, 3.8) is 0 Å². The number of carbonyl (C=O) groups is 1. The van der Waals surface area contributed by atoms with Crippen LogP contribution in [0.1, 0.15) is 33.2 Å². The number of ether oxygens (including phenoxy) is 1. The van der Waals surface area contributed by atoms with E-state index in [0.29, 0.717) is 13.0 Å². The van der Waals surface area contributed by atoms with E-state index in [4.69, 9.17) is 4.74 Å². The van der Waals surface area contributed by atoms with E-state index in [0.717, 1.165) is 0 Å². The molecule has 1 aliphatic rings. The van der Waals surface area contributed by atoms with E-state index in [1.807, 2.05) is 33.0 Å². The molecule has 1 amide bonds. The molecule has 2 rings (SSSR count). The second-order valence-electron chi connectivity index (χ2n) is 5.84. The third-order valence-electron chi connectivity index (χ3n) is 3.06. The quantitative estimate of drug-likeness (QED) is 0.835. The van der Waals surface area contributed by atoms with E-state index in [2.05, 4.69) is 5.10 Å². The van der Waals surface area contributed by atoms with Crippen LogP contribution < -0.4 is 0 Å². The van der Waals surface area contributed by atoms with Gasteiger partial charge in [0.15, 0.2) is 0 Å². The molecule has 1 aliphatic heterocycles. The molecule has 0 radical (unpaired) electrons. The van der Waals surface area contributed by atoms with Crippen LogP contribution in [0.2, 0.25) is 0 Å². The first kappa shape index (κ1) is 13.9. The van der Waals surface area contributed by atoms with Crippen molar-refractivity contribution in [2.24, 2.45) is 0 Å². The predicted molar refractivity (Wildman–Crippen MR) is 69.7 cm³/mol. The van der Waals surface area contributed by atoms with E-state index in [1.165, 1.54) is 0 Å². The van der Waals surface area contributed by atoms with Crippen molar-refractivity contribution in [1.29, 1.82) is 0 Å². The molecule has 0 aliphatic carbocycles. The summed E-state index contributed by atoms with van der Waals surface area (Å²) in [6.45, 7) is 6.34. The summed E-state index contributed by atoms with van der Waals surface area (Å²) in [5.41, 5.74) is -0.513. The predicted octanol–water partition coefficient (Wildman–Crippen LogP) is 1.43. The second kappa shape index (κ2) is 5.21. The van der Waals surface area contributed by atoms with E-state index in [1.54, 1.807) is 15.8 Å². The fraction of sp³-hybridized carbons (Fsp3) is 0.692. The maximum Gasteiger partial charge on any atom is 0.410 e. The van der Waals surface area contributed by atoms with Crippen molar-refractivity contribution in [2.75, 3.05) is 13.1 Å². The smallest absolute Gasteiger partial charge is 0.410 e. The van der Waals surface area contributed by atoms with E-state index in [9.17, 15) is 9.90 Å². The third kappa shape index (κ3) is 3.47.